The zero-order valence-corrected chi connectivity index (χ0v) is 8.60. The summed E-state index contributed by atoms with van der Waals surface area (Å²) in [6.07, 6.45) is 8.38. The summed E-state index contributed by atoms with van der Waals surface area (Å²) in [6.45, 7) is 2.67. The van der Waals surface area contributed by atoms with Gasteiger partial charge in [-0.3, -0.25) is 4.90 Å². The molecule has 2 fully saturated rings. The van der Waals surface area contributed by atoms with Crippen LogP contribution in [0.2, 0.25) is 0 Å². The van der Waals surface area contributed by atoms with Gasteiger partial charge in [-0.05, 0) is 38.8 Å². The van der Waals surface area contributed by atoms with Crippen LogP contribution in [0.3, 0.4) is 0 Å². The largest absolute Gasteiger partial charge is 0.299 e. The van der Waals surface area contributed by atoms with Crippen LogP contribution in [0.5, 0.6) is 0 Å². The van der Waals surface area contributed by atoms with E-state index in [0.29, 0.717) is 5.25 Å². The molecule has 2 unspecified atom stereocenters. The maximum atomic E-state index is 4.69. The van der Waals surface area contributed by atoms with Crippen LogP contribution in [-0.2, 0) is 0 Å². The van der Waals surface area contributed by atoms with Gasteiger partial charge in [-0.2, -0.15) is 12.6 Å². The third kappa shape index (κ3) is 1.80. The van der Waals surface area contributed by atoms with Crippen molar-refractivity contribution in [2.45, 2.75) is 49.8 Å². The molecular formula is C10H19NS. The van der Waals surface area contributed by atoms with Gasteiger partial charge in [-0.15, -0.1) is 0 Å². The van der Waals surface area contributed by atoms with Gasteiger partial charge in [0, 0.05) is 11.3 Å². The van der Waals surface area contributed by atoms with Crippen molar-refractivity contribution in [1.29, 1.82) is 0 Å². The minimum atomic E-state index is 0.664. The van der Waals surface area contributed by atoms with Crippen molar-refractivity contribution >= 4 is 12.6 Å². The average molecular weight is 185 g/mol. The van der Waals surface area contributed by atoms with Gasteiger partial charge in [-0.1, -0.05) is 12.8 Å². The highest BCUT2D eigenvalue weighted by molar-refractivity contribution is 7.81. The van der Waals surface area contributed by atoms with Crippen LogP contribution < -0.4 is 0 Å². The lowest BCUT2D eigenvalue weighted by Crippen LogP contribution is -2.45. The fourth-order valence-corrected chi connectivity index (χ4v) is 3.12. The maximum Gasteiger partial charge on any atom is 0.0212 e. The zero-order valence-electron chi connectivity index (χ0n) is 7.71. The smallest absolute Gasteiger partial charge is 0.0212 e. The molecule has 0 saturated carbocycles. The van der Waals surface area contributed by atoms with E-state index < -0.39 is 0 Å². The van der Waals surface area contributed by atoms with E-state index in [1.54, 1.807) is 0 Å². The highest BCUT2D eigenvalue weighted by atomic mass is 32.1. The molecular weight excluding hydrogens is 166 g/mol. The minimum absolute atomic E-state index is 0.664. The summed E-state index contributed by atoms with van der Waals surface area (Å²) >= 11 is 4.69. The second-order valence-corrected chi connectivity index (χ2v) is 4.83. The Balaban J connectivity index is 2.00. The first-order chi connectivity index (χ1) is 5.88. The number of piperidine rings is 1. The Morgan fingerprint density at radius 2 is 1.75 bits per heavy atom. The van der Waals surface area contributed by atoms with E-state index in [9.17, 15) is 0 Å². The third-order valence-corrected chi connectivity index (χ3v) is 3.91. The molecule has 2 aliphatic heterocycles. The van der Waals surface area contributed by atoms with Crippen molar-refractivity contribution < 1.29 is 0 Å². The fourth-order valence-electron chi connectivity index (χ4n) is 2.60. The summed E-state index contributed by atoms with van der Waals surface area (Å²) in [5, 5.41) is 0.664. The standard InChI is InChI=1S/C10H19NS/c12-10-6-4-8-11-7-3-1-2-5-9(10)11/h9-10,12H,1-8H2. The van der Waals surface area contributed by atoms with Crippen molar-refractivity contribution in [3.05, 3.63) is 0 Å². The Bertz CT molecular complexity index is 149. The first kappa shape index (κ1) is 8.89. The van der Waals surface area contributed by atoms with Gasteiger partial charge in [0.1, 0.15) is 0 Å². The second kappa shape index (κ2) is 4.01. The Morgan fingerprint density at radius 1 is 0.917 bits per heavy atom. The fraction of sp³-hybridized carbons (Fsp3) is 1.00. The predicted molar refractivity (Wildman–Crippen MR) is 55.8 cm³/mol. The molecule has 0 amide bonds. The van der Waals surface area contributed by atoms with Gasteiger partial charge in [0.2, 0.25) is 0 Å². The number of fused-ring (bicyclic) bond motifs is 1. The van der Waals surface area contributed by atoms with Crippen molar-refractivity contribution in [1.82, 2.24) is 4.90 Å². The van der Waals surface area contributed by atoms with Crippen LogP contribution in [0.4, 0.5) is 0 Å². The lowest BCUT2D eigenvalue weighted by Gasteiger charge is -2.38. The molecule has 2 atom stereocenters. The summed E-state index contributed by atoms with van der Waals surface area (Å²) in [5.41, 5.74) is 0. The SMILES string of the molecule is SC1CCCN2CCCCCC12. The van der Waals surface area contributed by atoms with E-state index in [1.807, 2.05) is 0 Å². The molecule has 0 radical (unpaired) electrons. The van der Waals surface area contributed by atoms with Crippen LogP contribution in [0.25, 0.3) is 0 Å². The molecule has 70 valence electrons. The second-order valence-electron chi connectivity index (χ2n) is 4.16. The zero-order chi connectivity index (χ0) is 8.39. The Kier molecular flexibility index (Phi) is 2.97. The monoisotopic (exact) mass is 185 g/mol. The number of nitrogens with zero attached hydrogens (tertiary/aromatic N) is 1. The molecule has 1 nitrogen and oxygen atoms in total. The summed E-state index contributed by atoms with van der Waals surface area (Å²) in [7, 11) is 0. The average Bonchev–Trinajstić information content (AvgIpc) is 2.30. The summed E-state index contributed by atoms with van der Waals surface area (Å²) in [4.78, 5) is 2.67. The molecule has 0 aromatic rings. The molecule has 0 aromatic carbocycles. The van der Waals surface area contributed by atoms with Crippen LogP contribution in [-0.4, -0.2) is 29.3 Å². The minimum Gasteiger partial charge on any atom is -0.299 e. The van der Waals surface area contributed by atoms with Crippen molar-refractivity contribution in [3.63, 3.8) is 0 Å². The number of thiol groups is 1. The molecule has 2 heteroatoms. The molecule has 0 bridgehead atoms. The van der Waals surface area contributed by atoms with E-state index in [0.717, 1.165) is 6.04 Å². The lowest BCUT2D eigenvalue weighted by atomic mass is 9.98. The van der Waals surface area contributed by atoms with Crippen LogP contribution in [0.1, 0.15) is 38.5 Å². The molecule has 0 spiro atoms. The molecule has 2 heterocycles. The van der Waals surface area contributed by atoms with Gasteiger partial charge in [0.05, 0.1) is 0 Å². The summed E-state index contributed by atoms with van der Waals surface area (Å²) in [6, 6.07) is 0.810. The Labute approximate surface area is 80.9 Å². The quantitative estimate of drug-likeness (QED) is 0.567. The lowest BCUT2D eigenvalue weighted by molar-refractivity contribution is 0.158. The molecule has 2 saturated heterocycles. The molecule has 0 aliphatic carbocycles. The predicted octanol–water partition coefficient (Wildman–Crippen LogP) is 2.32. The highest BCUT2D eigenvalue weighted by Crippen LogP contribution is 2.28. The van der Waals surface area contributed by atoms with E-state index in [4.69, 9.17) is 0 Å². The summed E-state index contributed by atoms with van der Waals surface area (Å²) < 4.78 is 0. The van der Waals surface area contributed by atoms with Crippen molar-refractivity contribution in [3.8, 4) is 0 Å². The molecule has 0 N–H and O–H groups in total. The van der Waals surface area contributed by atoms with Crippen LogP contribution >= 0.6 is 12.6 Å². The summed E-state index contributed by atoms with van der Waals surface area (Å²) in [5.74, 6) is 0. The topological polar surface area (TPSA) is 3.24 Å². The van der Waals surface area contributed by atoms with Gasteiger partial charge >= 0.3 is 0 Å². The van der Waals surface area contributed by atoms with E-state index in [2.05, 4.69) is 17.5 Å². The van der Waals surface area contributed by atoms with E-state index >= 15 is 0 Å². The number of hydrogen-bond acceptors (Lipinski definition) is 2. The van der Waals surface area contributed by atoms with E-state index in [-0.39, 0.29) is 0 Å². The maximum absolute atomic E-state index is 4.69. The Hall–Kier alpha value is 0.310. The molecule has 12 heavy (non-hydrogen) atoms. The van der Waals surface area contributed by atoms with Crippen LogP contribution in [0.15, 0.2) is 0 Å². The van der Waals surface area contributed by atoms with Gasteiger partial charge < -0.3 is 0 Å². The normalized spacial score (nSPS) is 38.8. The number of hydrogen-bond donors (Lipinski definition) is 1. The van der Waals surface area contributed by atoms with Gasteiger partial charge in [-0.25, -0.2) is 0 Å². The highest BCUT2D eigenvalue weighted by Gasteiger charge is 2.29. The Morgan fingerprint density at radius 3 is 2.67 bits per heavy atom. The molecule has 2 rings (SSSR count). The molecule has 0 aromatic heterocycles. The van der Waals surface area contributed by atoms with Crippen molar-refractivity contribution in [2.24, 2.45) is 0 Å². The van der Waals surface area contributed by atoms with Crippen molar-refractivity contribution in [2.75, 3.05) is 13.1 Å². The molecule has 2 aliphatic rings. The number of rotatable bonds is 0. The van der Waals surface area contributed by atoms with E-state index in [1.165, 1.54) is 51.6 Å². The third-order valence-electron chi connectivity index (χ3n) is 3.30. The van der Waals surface area contributed by atoms with Gasteiger partial charge in [0.25, 0.3) is 0 Å². The first-order valence-corrected chi connectivity index (χ1v) is 5.82. The first-order valence-electron chi connectivity index (χ1n) is 5.30. The van der Waals surface area contributed by atoms with Gasteiger partial charge in [0.15, 0.2) is 0 Å². The van der Waals surface area contributed by atoms with Crippen LogP contribution in [0, 0.1) is 0 Å².